The third-order valence-corrected chi connectivity index (χ3v) is 4.00. The van der Waals surface area contributed by atoms with Gasteiger partial charge >= 0.3 is 0 Å². The highest BCUT2D eigenvalue weighted by Crippen LogP contribution is 2.32. The molecule has 3 aromatic rings. The zero-order valence-electron chi connectivity index (χ0n) is 12.7. The number of methoxy groups -OCH3 is 1. The van der Waals surface area contributed by atoms with Gasteiger partial charge in [0.05, 0.1) is 18.2 Å². The molecule has 1 fully saturated rings. The van der Waals surface area contributed by atoms with Gasteiger partial charge < -0.3 is 10.1 Å². The number of amides is 1. The predicted molar refractivity (Wildman–Crippen MR) is 87.2 cm³/mol. The average Bonchev–Trinajstić information content (AvgIpc) is 3.37. The Bertz CT molecular complexity index is 883. The van der Waals surface area contributed by atoms with Crippen LogP contribution in [0.3, 0.4) is 0 Å². The Hall–Kier alpha value is -2.89. The van der Waals surface area contributed by atoms with Gasteiger partial charge in [0, 0.05) is 11.5 Å². The largest absolute Gasteiger partial charge is 0.496 e. The minimum atomic E-state index is 0.0344. The molecule has 1 saturated carbocycles. The number of para-hydroxylation sites is 1. The van der Waals surface area contributed by atoms with Gasteiger partial charge in [0.2, 0.25) is 5.91 Å². The van der Waals surface area contributed by atoms with Crippen LogP contribution in [0.25, 0.3) is 22.3 Å². The Labute approximate surface area is 132 Å². The highest BCUT2D eigenvalue weighted by molar-refractivity contribution is 6.00. The van der Waals surface area contributed by atoms with Gasteiger partial charge in [0.25, 0.3) is 0 Å². The van der Waals surface area contributed by atoms with Crippen LogP contribution in [0.1, 0.15) is 12.8 Å². The predicted octanol–water partition coefficient (Wildman–Crippen LogP) is 2.98. The molecule has 0 atom stereocenters. The van der Waals surface area contributed by atoms with Crippen LogP contribution in [0, 0.1) is 5.92 Å². The Morgan fingerprint density at radius 2 is 2.09 bits per heavy atom. The monoisotopic (exact) mass is 308 g/mol. The Morgan fingerprint density at radius 3 is 2.87 bits per heavy atom. The number of benzene rings is 1. The van der Waals surface area contributed by atoms with E-state index in [0.29, 0.717) is 11.5 Å². The van der Waals surface area contributed by atoms with Gasteiger partial charge in [-0.25, -0.2) is 4.98 Å². The molecule has 116 valence electrons. The zero-order valence-corrected chi connectivity index (χ0v) is 12.7. The van der Waals surface area contributed by atoms with Crippen LogP contribution in [-0.4, -0.2) is 28.2 Å². The second-order valence-corrected chi connectivity index (χ2v) is 5.63. The first-order valence-corrected chi connectivity index (χ1v) is 7.55. The van der Waals surface area contributed by atoms with E-state index in [2.05, 4.69) is 20.5 Å². The highest BCUT2D eigenvalue weighted by Gasteiger charge is 2.30. The molecular weight excluding hydrogens is 292 g/mol. The zero-order chi connectivity index (χ0) is 15.8. The second-order valence-electron chi connectivity index (χ2n) is 5.63. The molecule has 2 heterocycles. The molecule has 2 aromatic heterocycles. The first kappa shape index (κ1) is 13.8. The summed E-state index contributed by atoms with van der Waals surface area (Å²) in [7, 11) is 1.64. The van der Waals surface area contributed by atoms with Crippen molar-refractivity contribution in [1.82, 2.24) is 15.2 Å². The van der Waals surface area contributed by atoms with Crippen LogP contribution >= 0.6 is 0 Å². The summed E-state index contributed by atoms with van der Waals surface area (Å²) >= 11 is 0. The quantitative estimate of drug-likeness (QED) is 0.776. The number of hydrogen-bond acceptors (Lipinski definition) is 4. The molecule has 1 aromatic carbocycles. The molecule has 6 heteroatoms. The van der Waals surface area contributed by atoms with E-state index in [1.165, 1.54) is 0 Å². The number of carbonyl (C=O) groups excluding carboxylic acids is 1. The molecule has 4 rings (SSSR count). The summed E-state index contributed by atoms with van der Waals surface area (Å²) in [6, 6.07) is 11.5. The minimum Gasteiger partial charge on any atom is -0.496 e. The van der Waals surface area contributed by atoms with E-state index in [1.807, 2.05) is 36.4 Å². The van der Waals surface area contributed by atoms with Crippen molar-refractivity contribution in [2.45, 2.75) is 12.8 Å². The van der Waals surface area contributed by atoms with E-state index in [9.17, 15) is 4.79 Å². The molecule has 0 radical (unpaired) electrons. The van der Waals surface area contributed by atoms with E-state index >= 15 is 0 Å². The van der Waals surface area contributed by atoms with Gasteiger partial charge in [-0.1, -0.05) is 12.1 Å². The number of rotatable bonds is 4. The number of ether oxygens (including phenoxy) is 1. The Balaban J connectivity index is 1.70. The van der Waals surface area contributed by atoms with Crippen molar-refractivity contribution in [2.24, 2.45) is 5.92 Å². The number of hydrogen-bond donors (Lipinski definition) is 2. The lowest BCUT2D eigenvalue weighted by atomic mass is 10.1. The number of pyridine rings is 1. The molecule has 1 amide bonds. The molecule has 0 spiro atoms. The fourth-order valence-corrected chi connectivity index (χ4v) is 2.57. The van der Waals surface area contributed by atoms with E-state index in [1.54, 1.807) is 7.11 Å². The Morgan fingerprint density at radius 1 is 1.26 bits per heavy atom. The Kier molecular flexibility index (Phi) is 3.22. The first-order valence-electron chi connectivity index (χ1n) is 7.55. The van der Waals surface area contributed by atoms with Crippen LogP contribution < -0.4 is 10.1 Å². The summed E-state index contributed by atoms with van der Waals surface area (Å²) in [6.45, 7) is 0. The fourth-order valence-electron chi connectivity index (χ4n) is 2.57. The van der Waals surface area contributed by atoms with Crippen molar-refractivity contribution in [3.63, 3.8) is 0 Å². The van der Waals surface area contributed by atoms with Crippen molar-refractivity contribution in [3.8, 4) is 17.0 Å². The van der Waals surface area contributed by atoms with Gasteiger partial charge in [0.15, 0.2) is 11.5 Å². The van der Waals surface area contributed by atoms with Gasteiger partial charge in [-0.15, -0.1) is 0 Å². The summed E-state index contributed by atoms with van der Waals surface area (Å²) in [6.07, 6.45) is 1.93. The summed E-state index contributed by atoms with van der Waals surface area (Å²) < 4.78 is 5.38. The standard InChI is InChI=1S/C17H16N4O2/c1-23-14-5-3-2-4-11(14)13-9-8-12-15(18-13)20-21-16(12)19-17(22)10-6-7-10/h2-5,8-10H,6-7H2,1H3,(H2,18,19,20,21,22). The van der Waals surface area contributed by atoms with Crippen molar-refractivity contribution < 1.29 is 9.53 Å². The number of aromatic nitrogens is 3. The lowest BCUT2D eigenvalue weighted by Gasteiger charge is -2.07. The van der Waals surface area contributed by atoms with Crippen molar-refractivity contribution in [1.29, 1.82) is 0 Å². The van der Waals surface area contributed by atoms with Gasteiger partial charge in [-0.05, 0) is 37.1 Å². The first-order chi connectivity index (χ1) is 11.3. The van der Waals surface area contributed by atoms with Gasteiger partial charge in [-0.2, -0.15) is 5.10 Å². The molecule has 23 heavy (non-hydrogen) atoms. The number of nitrogens with zero attached hydrogens (tertiary/aromatic N) is 2. The maximum atomic E-state index is 11.9. The van der Waals surface area contributed by atoms with Crippen molar-refractivity contribution in [2.75, 3.05) is 12.4 Å². The van der Waals surface area contributed by atoms with E-state index < -0.39 is 0 Å². The smallest absolute Gasteiger partial charge is 0.228 e. The fraction of sp³-hybridized carbons (Fsp3) is 0.235. The van der Waals surface area contributed by atoms with Crippen LogP contribution in [0.2, 0.25) is 0 Å². The molecule has 0 unspecified atom stereocenters. The van der Waals surface area contributed by atoms with Crippen LogP contribution in [0.5, 0.6) is 5.75 Å². The highest BCUT2D eigenvalue weighted by atomic mass is 16.5. The van der Waals surface area contributed by atoms with Crippen LogP contribution in [0.4, 0.5) is 5.82 Å². The average molecular weight is 308 g/mol. The molecule has 6 nitrogen and oxygen atoms in total. The van der Waals surface area contributed by atoms with E-state index in [4.69, 9.17) is 4.74 Å². The molecule has 0 bridgehead atoms. The number of aromatic amines is 1. The lowest BCUT2D eigenvalue weighted by molar-refractivity contribution is -0.117. The third-order valence-electron chi connectivity index (χ3n) is 4.00. The number of H-pyrrole nitrogens is 1. The van der Waals surface area contributed by atoms with E-state index in [-0.39, 0.29) is 11.8 Å². The number of fused-ring (bicyclic) bond motifs is 1. The summed E-state index contributed by atoms with van der Waals surface area (Å²) in [5, 5.41) is 10.7. The maximum Gasteiger partial charge on any atom is 0.228 e. The third kappa shape index (κ3) is 2.52. The molecular formula is C17H16N4O2. The van der Waals surface area contributed by atoms with Crippen molar-refractivity contribution >= 4 is 22.8 Å². The van der Waals surface area contributed by atoms with Crippen LogP contribution in [0.15, 0.2) is 36.4 Å². The summed E-state index contributed by atoms with van der Waals surface area (Å²) in [4.78, 5) is 16.5. The summed E-state index contributed by atoms with van der Waals surface area (Å²) in [5.74, 6) is 1.48. The number of carbonyl (C=O) groups is 1. The van der Waals surface area contributed by atoms with Crippen molar-refractivity contribution in [3.05, 3.63) is 36.4 Å². The van der Waals surface area contributed by atoms with Gasteiger partial charge in [0.1, 0.15) is 5.75 Å². The molecule has 0 saturated heterocycles. The number of nitrogens with one attached hydrogen (secondary N) is 2. The molecule has 2 N–H and O–H groups in total. The molecule has 1 aliphatic rings. The minimum absolute atomic E-state index is 0.0344. The summed E-state index contributed by atoms with van der Waals surface area (Å²) in [5.41, 5.74) is 2.34. The molecule has 1 aliphatic carbocycles. The number of anilines is 1. The van der Waals surface area contributed by atoms with Crippen LogP contribution in [-0.2, 0) is 4.79 Å². The lowest BCUT2D eigenvalue weighted by Crippen LogP contribution is -2.13. The van der Waals surface area contributed by atoms with Gasteiger partial charge in [-0.3, -0.25) is 9.89 Å². The van der Waals surface area contributed by atoms with E-state index in [0.717, 1.165) is 35.2 Å². The second kappa shape index (κ2) is 5.39. The normalized spacial score (nSPS) is 14.0. The topological polar surface area (TPSA) is 79.9 Å². The molecule has 0 aliphatic heterocycles. The maximum absolute atomic E-state index is 11.9. The SMILES string of the molecule is COc1ccccc1-c1ccc2c(NC(=O)C3CC3)n[nH]c2n1.